The molecule has 6 heteroatoms. The van der Waals surface area contributed by atoms with Crippen molar-refractivity contribution in [2.45, 2.75) is 6.04 Å². The standard InChI is InChI=1S/C13H16FNO3S/c1-18-13(16)12(10-4-2-3-5-11(10)14)15-6-8-19(17)9-7-15/h2-5,12H,6-9H2,1H3. The number of hydrogen-bond donors (Lipinski definition) is 0. The van der Waals surface area contributed by atoms with Crippen LogP contribution in [0.3, 0.4) is 0 Å². The molecule has 1 aromatic carbocycles. The van der Waals surface area contributed by atoms with Crippen LogP contribution in [0.5, 0.6) is 0 Å². The Hall–Kier alpha value is -1.27. The molecule has 1 saturated heterocycles. The Kier molecular flexibility index (Phi) is 4.66. The van der Waals surface area contributed by atoms with Gasteiger partial charge in [0.05, 0.1) is 7.11 Å². The first-order valence-corrected chi connectivity index (χ1v) is 7.53. The van der Waals surface area contributed by atoms with Gasteiger partial charge in [-0.3, -0.25) is 9.11 Å². The number of benzene rings is 1. The third-order valence-corrected chi connectivity index (χ3v) is 4.48. The van der Waals surface area contributed by atoms with E-state index in [1.165, 1.54) is 13.2 Å². The van der Waals surface area contributed by atoms with Gasteiger partial charge in [0.15, 0.2) is 0 Å². The molecule has 0 aliphatic carbocycles. The Morgan fingerprint density at radius 2 is 2.00 bits per heavy atom. The van der Waals surface area contributed by atoms with E-state index < -0.39 is 28.6 Å². The van der Waals surface area contributed by atoms with Crippen LogP contribution in [0.15, 0.2) is 24.3 Å². The zero-order chi connectivity index (χ0) is 13.8. The number of carbonyl (C=O) groups excluding carboxylic acids is 1. The van der Waals surface area contributed by atoms with Crippen LogP contribution in [-0.4, -0.2) is 46.8 Å². The molecule has 0 saturated carbocycles. The number of hydrogen-bond acceptors (Lipinski definition) is 4. The smallest absolute Gasteiger partial charge is 0.327 e. The SMILES string of the molecule is COC(=O)C(c1ccccc1F)N1CCS(=O)CC1. The average molecular weight is 285 g/mol. The van der Waals surface area contributed by atoms with E-state index in [-0.39, 0.29) is 0 Å². The topological polar surface area (TPSA) is 46.6 Å². The quantitative estimate of drug-likeness (QED) is 0.780. The highest BCUT2D eigenvalue weighted by Crippen LogP contribution is 2.25. The summed E-state index contributed by atoms with van der Waals surface area (Å²) in [6.45, 7) is 1.00. The number of rotatable bonds is 3. The molecular weight excluding hydrogens is 269 g/mol. The van der Waals surface area contributed by atoms with E-state index in [0.29, 0.717) is 30.2 Å². The number of methoxy groups -OCH3 is 1. The largest absolute Gasteiger partial charge is 0.468 e. The number of nitrogens with zero attached hydrogens (tertiary/aromatic N) is 1. The lowest BCUT2D eigenvalue weighted by Crippen LogP contribution is -2.43. The van der Waals surface area contributed by atoms with Gasteiger partial charge in [-0.2, -0.15) is 0 Å². The van der Waals surface area contributed by atoms with Crippen molar-refractivity contribution in [3.05, 3.63) is 35.6 Å². The van der Waals surface area contributed by atoms with Gasteiger partial charge in [0.1, 0.15) is 11.9 Å². The molecule has 0 radical (unpaired) electrons. The van der Waals surface area contributed by atoms with Crippen molar-refractivity contribution in [1.29, 1.82) is 0 Å². The van der Waals surface area contributed by atoms with Crippen LogP contribution in [0.1, 0.15) is 11.6 Å². The second kappa shape index (κ2) is 6.25. The Balaban J connectivity index is 2.29. The fourth-order valence-electron chi connectivity index (χ4n) is 2.19. The Morgan fingerprint density at radius 1 is 1.37 bits per heavy atom. The summed E-state index contributed by atoms with van der Waals surface area (Å²) in [4.78, 5) is 13.8. The maximum absolute atomic E-state index is 13.9. The monoisotopic (exact) mass is 285 g/mol. The van der Waals surface area contributed by atoms with Crippen LogP contribution < -0.4 is 0 Å². The Morgan fingerprint density at radius 3 is 2.58 bits per heavy atom. The molecule has 0 amide bonds. The van der Waals surface area contributed by atoms with E-state index in [0.717, 1.165) is 0 Å². The predicted octanol–water partition coefficient (Wildman–Crippen LogP) is 1.10. The van der Waals surface area contributed by atoms with E-state index >= 15 is 0 Å². The highest BCUT2D eigenvalue weighted by atomic mass is 32.2. The Labute approximate surface area is 114 Å². The molecule has 1 aliphatic rings. The summed E-state index contributed by atoms with van der Waals surface area (Å²) in [5, 5.41) is 0. The van der Waals surface area contributed by atoms with E-state index in [4.69, 9.17) is 4.74 Å². The summed E-state index contributed by atoms with van der Waals surface area (Å²) >= 11 is 0. The van der Waals surface area contributed by atoms with Gasteiger partial charge < -0.3 is 4.74 Å². The lowest BCUT2D eigenvalue weighted by Gasteiger charge is -2.32. The molecule has 0 aromatic heterocycles. The molecule has 0 spiro atoms. The maximum atomic E-state index is 13.9. The third-order valence-electron chi connectivity index (χ3n) is 3.20. The molecule has 1 unspecified atom stereocenters. The van der Waals surface area contributed by atoms with Crippen molar-refractivity contribution >= 4 is 16.8 Å². The first-order valence-electron chi connectivity index (χ1n) is 6.04. The molecule has 104 valence electrons. The molecule has 1 aliphatic heterocycles. The predicted molar refractivity (Wildman–Crippen MR) is 70.6 cm³/mol. The van der Waals surface area contributed by atoms with Gasteiger partial charge in [-0.05, 0) is 6.07 Å². The van der Waals surface area contributed by atoms with E-state index in [1.54, 1.807) is 18.2 Å². The molecule has 0 bridgehead atoms. The second-order valence-electron chi connectivity index (χ2n) is 4.33. The lowest BCUT2D eigenvalue weighted by atomic mass is 10.0. The van der Waals surface area contributed by atoms with Gasteiger partial charge >= 0.3 is 5.97 Å². The van der Waals surface area contributed by atoms with Crippen LogP contribution in [0, 0.1) is 5.82 Å². The van der Waals surface area contributed by atoms with Gasteiger partial charge in [-0.15, -0.1) is 0 Å². The molecule has 1 atom stereocenters. The molecule has 2 rings (SSSR count). The molecule has 1 fully saturated rings. The first-order chi connectivity index (χ1) is 9.13. The first kappa shape index (κ1) is 14.1. The Bertz CT molecular complexity index is 485. The minimum absolute atomic E-state index is 0.307. The molecule has 4 nitrogen and oxygen atoms in total. The van der Waals surface area contributed by atoms with Crippen molar-refractivity contribution in [2.24, 2.45) is 0 Å². The van der Waals surface area contributed by atoms with Crippen molar-refractivity contribution < 1.29 is 18.1 Å². The molecule has 19 heavy (non-hydrogen) atoms. The van der Waals surface area contributed by atoms with Gasteiger partial charge in [0.2, 0.25) is 0 Å². The van der Waals surface area contributed by atoms with Gasteiger partial charge in [-0.1, -0.05) is 18.2 Å². The van der Waals surface area contributed by atoms with E-state index in [2.05, 4.69) is 0 Å². The number of esters is 1. The van der Waals surface area contributed by atoms with Crippen LogP contribution in [0.2, 0.25) is 0 Å². The summed E-state index contributed by atoms with van der Waals surface area (Å²) in [5.74, 6) is 0.0894. The van der Waals surface area contributed by atoms with Crippen LogP contribution >= 0.6 is 0 Å². The van der Waals surface area contributed by atoms with Gasteiger partial charge in [0, 0.05) is 41.0 Å². The highest BCUT2D eigenvalue weighted by molar-refractivity contribution is 7.85. The van der Waals surface area contributed by atoms with Crippen molar-refractivity contribution in [2.75, 3.05) is 31.7 Å². The van der Waals surface area contributed by atoms with Gasteiger partial charge in [-0.25, -0.2) is 9.18 Å². The number of carbonyl (C=O) groups is 1. The minimum Gasteiger partial charge on any atom is -0.468 e. The maximum Gasteiger partial charge on any atom is 0.327 e. The average Bonchev–Trinajstić information content (AvgIpc) is 2.43. The molecule has 1 aromatic rings. The summed E-state index contributed by atoms with van der Waals surface area (Å²) < 4.78 is 30.0. The molecule has 1 heterocycles. The highest BCUT2D eigenvalue weighted by Gasteiger charge is 2.32. The van der Waals surface area contributed by atoms with Crippen molar-refractivity contribution in [3.8, 4) is 0 Å². The second-order valence-corrected chi connectivity index (χ2v) is 6.03. The zero-order valence-corrected chi connectivity index (χ0v) is 11.5. The summed E-state index contributed by atoms with van der Waals surface area (Å²) in [6.07, 6.45) is 0. The van der Waals surface area contributed by atoms with E-state index in [1.807, 2.05) is 4.90 Å². The summed E-state index contributed by atoms with van der Waals surface area (Å²) in [6, 6.07) is 5.42. The normalized spacial score (nSPS) is 19.1. The molecular formula is C13H16FNO3S. The fraction of sp³-hybridized carbons (Fsp3) is 0.462. The van der Waals surface area contributed by atoms with Crippen molar-refractivity contribution in [3.63, 3.8) is 0 Å². The number of halogens is 1. The third kappa shape index (κ3) is 3.19. The van der Waals surface area contributed by atoms with Crippen molar-refractivity contribution in [1.82, 2.24) is 4.90 Å². The van der Waals surface area contributed by atoms with E-state index in [9.17, 15) is 13.4 Å². The molecule has 0 N–H and O–H groups in total. The van der Waals surface area contributed by atoms with Crippen LogP contribution in [0.4, 0.5) is 4.39 Å². The zero-order valence-electron chi connectivity index (χ0n) is 10.7. The van der Waals surface area contributed by atoms with Crippen LogP contribution in [-0.2, 0) is 20.3 Å². The summed E-state index contributed by atoms with van der Waals surface area (Å²) in [5.41, 5.74) is 0.307. The van der Waals surface area contributed by atoms with Gasteiger partial charge in [0.25, 0.3) is 0 Å². The summed E-state index contributed by atoms with van der Waals surface area (Å²) in [7, 11) is 0.448. The number of ether oxygens (including phenoxy) is 1. The van der Waals surface area contributed by atoms with Crippen LogP contribution in [0.25, 0.3) is 0 Å². The lowest BCUT2D eigenvalue weighted by molar-refractivity contribution is -0.147. The fourth-order valence-corrected chi connectivity index (χ4v) is 3.27. The minimum atomic E-state index is -0.842.